The van der Waals surface area contributed by atoms with Crippen LogP contribution < -0.4 is 21.7 Å². The third-order valence-corrected chi connectivity index (χ3v) is 3.05. The number of anilines is 2. The summed E-state index contributed by atoms with van der Waals surface area (Å²) in [5.74, 6) is -0.0182. The first kappa shape index (κ1) is 13.4. The van der Waals surface area contributed by atoms with Crippen LogP contribution in [0.1, 0.15) is 19.3 Å². The van der Waals surface area contributed by atoms with Gasteiger partial charge in [0.2, 0.25) is 5.91 Å². The fraction of sp³-hybridized carbons (Fsp3) is 0.385. The van der Waals surface area contributed by atoms with Gasteiger partial charge in [-0.25, -0.2) is 4.79 Å². The zero-order valence-electron chi connectivity index (χ0n) is 10.6. The minimum atomic E-state index is -0.608. The van der Waals surface area contributed by atoms with Crippen molar-refractivity contribution in [3.8, 4) is 0 Å². The Morgan fingerprint density at radius 3 is 2.26 bits per heavy atom. The largest absolute Gasteiger partial charge is 0.351 e. The van der Waals surface area contributed by atoms with E-state index in [-0.39, 0.29) is 11.9 Å². The molecular weight excluding hydrogens is 244 g/mol. The van der Waals surface area contributed by atoms with E-state index in [1.54, 1.807) is 24.3 Å². The second-order valence-electron chi connectivity index (χ2n) is 4.56. The summed E-state index contributed by atoms with van der Waals surface area (Å²) in [6.45, 7) is 0.888. The Kier molecular flexibility index (Phi) is 4.35. The molecule has 19 heavy (non-hydrogen) atoms. The number of primary amides is 1. The van der Waals surface area contributed by atoms with Gasteiger partial charge in [-0.15, -0.1) is 0 Å². The van der Waals surface area contributed by atoms with Crippen LogP contribution in [0.2, 0.25) is 0 Å². The number of piperidine rings is 1. The lowest BCUT2D eigenvalue weighted by atomic mass is 10.0. The van der Waals surface area contributed by atoms with Gasteiger partial charge in [0, 0.05) is 11.4 Å². The molecule has 0 aromatic heterocycles. The molecule has 6 nitrogen and oxygen atoms in total. The van der Waals surface area contributed by atoms with Crippen molar-refractivity contribution in [2.24, 2.45) is 5.73 Å². The van der Waals surface area contributed by atoms with Crippen molar-refractivity contribution in [1.82, 2.24) is 5.32 Å². The average Bonchev–Trinajstić information content (AvgIpc) is 2.41. The highest BCUT2D eigenvalue weighted by molar-refractivity contribution is 5.95. The molecule has 0 aliphatic carbocycles. The Balaban J connectivity index is 1.91. The van der Waals surface area contributed by atoms with E-state index in [2.05, 4.69) is 16.0 Å². The van der Waals surface area contributed by atoms with E-state index in [1.807, 2.05) is 0 Å². The summed E-state index contributed by atoms with van der Waals surface area (Å²) < 4.78 is 0. The maximum absolute atomic E-state index is 12.0. The third-order valence-electron chi connectivity index (χ3n) is 3.05. The van der Waals surface area contributed by atoms with Crippen LogP contribution in [0, 0.1) is 0 Å². The number of nitrogens with two attached hydrogens (primary N) is 1. The number of carbonyl (C=O) groups excluding carboxylic acids is 2. The molecule has 3 amide bonds. The Hall–Kier alpha value is -2.08. The number of urea groups is 1. The Morgan fingerprint density at radius 1 is 1.11 bits per heavy atom. The Morgan fingerprint density at radius 2 is 1.74 bits per heavy atom. The van der Waals surface area contributed by atoms with Gasteiger partial charge < -0.3 is 21.7 Å². The molecule has 1 atom stereocenters. The fourth-order valence-corrected chi connectivity index (χ4v) is 2.08. The third kappa shape index (κ3) is 3.96. The number of nitrogens with one attached hydrogen (secondary N) is 3. The topological polar surface area (TPSA) is 96.2 Å². The molecule has 0 radical (unpaired) electrons. The van der Waals surface area contributed by atoms with Crippen LogP contribution in [-0.2, 0) is 4.79 Å². The lowest BCUT2D eigenvalue weighted by Gasteiger charge is -2.22. The normalized spacial score (nSPS) is 18.6. The van der Waals surface area contributed by atoms with Crippen molar-refractivity contribution in [2.75, 3.05) is 17.2 Å². The second-order valence-corrected chi connectivity index (χ2v) is 4.56. The summed E-state index contributed by atoms with van der Waals surface area (Å²) in [6, 6.07) is 6.11. The van der Waals surface area contributed by atoms with Gasteiger partial charge in [-0.05, 0) is 43.7 Å². The summed E-state index contributed by atoms with van der Waals surface area (Å²) in [4.78, 5) is 22.6. The van der Waals surface area contributed by atoms with Crippen LogP contribution in [0.3, 0.4) is 0 Å². The molecule has 1 saturated heterocycles. The van der Waals surface area contributed by atoms with E-state index in [1.165, 1.54) is 0 Å². The average molecular weight is 262 g/mol. The Labute approximate surface area is 111 Å². The van der Waals surface area contributed by atoms with Crippen molar-refractivity contribution in [3.05, 3.63) is 24.3 Å². The van der Waals surface area contributed by atoms with Crippen LogP contribution in [-0.4, -0.2) is 24.5 Å². The van der Waals surface area contributed by atoms with E-state index < -0.39 is 6.03 Å². The predicted molar refractivity (Wildman–Crippen MR) is 73.9 cm³/mol. The quantitative estimate of drug-likeness (QED) is 0.660. The minimum Gasteiger partial charge on any atom is -0.351 e. The van der Waals surface area contributed by atoms with Gasteiger partial charge >= 0.3 is 6.03 Å². The number of amides is 3. The lowest BCUT2D eigenvalue weighted by molar-refractivity contribution is -0.118. The zero-order chi connectivity index (χ0) is 13.7. The second kappa shape index (κ2) is 6.19. The molecule has 5 N–H and O–H groups in total. The van der Waals surface area contributed by atoms with Gasteiger partial charge in [-0.1, -0.05) is 6.42 Å². The predicted octanol–water partition coefficient (Wildman–Crippen LogP) is 1.26. The first-order chi connectivity index (χ1) is 9.15. The molecular formula is C13H18N4O2. The van der Waals surface area contributed by atoms with Crippen LogP contribution >= 0.6 is 0 Å². The van der Waals surface area contributed by atoms with E-state index in [4.69, 9.17) is 5.73 Å². The standard InChI is InChI=1S/C13H18N4O2/c14-13(19)17-10-6-4-9(5-7-10)16-12(18)11-3-1-2-8-15-11/h4-7,11,15H,1-3,8H2,(H,16,18)(H3,14,17,19). The first-order valence-electron chi connectivity index (χ1n) is 6.36. The number of hydrogen-bond acceptors (Lipinski definition) is 3. The fourth-order valence-electron chi connectivity index (χ4n) is 2.08. The van der Waals surface area contributed by atoms with Crippen molar-refractivity contribution in [2.45, 2.75) is 25.3 Å². The maximum Gasteiger partial charge on any atom is 0.316 e. The molecule has 1 aromatic rings. The molecule has 1 heterocycles. The molecule has 0 bridgehead atoms. The molecule has 6 heteroatoms. The zero-order valence-corrected chi connectivity index (χ0v) is 10.6. The van der Waals surface area contributed by atoms with Gasteiger partial charge in [0.15, 0.2) is 0 Å². The highest BCUT2D eigenvalue weighted by Gasteiger charge is 2.20. The van der Waals surface area contributed by atoms with E-state index in [0.717, 1.165) is 25.8 Å². The molecule has 0 saturated carbocycles. The van der Waals surface area contributed by atoms with E-state index in [0.29, 0.717) is 11.4 Å². The summed E-state index contributed by atoms with van der Waals surface area (Å²) in [6.07, 6.45) is 3.07. The number of rotatable bonds is 3. The van der Waals surface area contributed by atoms with Gasteiger partial charge in [0.1, 0.15) is 0 Å². The number of hydrogen-bond donors (Lipinski definition) is 4. The highest BCUT2D eigenvalue weighted by Crippen LogP contribution is 2.15. The number of carbonyl (C=O) groups is 2. The lowest BCUT2D eigenvalue weighted by Crippen LogP contribution is -2.43. The van der Waals surface area contributed by atoms with Crippen molar-refractivity contribution >= 4 is 23.3 Å². The Bertz CT molecular complexity index is 452. The van der Waals surface area contributed by atoms with E-state index >= 15 is 0 Å². The molecule has 1 aromatic carbocycles. The SMILES string of the molecule is NC(=O)Nc1ccc(NC(=O)C2CCCCN2)cc1. The van der Waals surface area contributed by atoms with Crippen molar-refractivity contribution in [3.63, 3.8) is 0 Å². The molecule has 1 aliphatic heterocycles. The van der Waals surface area contributed by atoms with Gasteiger partial charge in [-0.3, -0.25) is 4.79 Å². The monoisotopic (exact) mass is 262 g/mol. The highest BCUT2D eigenvalue weighted by atomic mass is 16.2. The van der Waals surface area contributed by atoms with Gasteiger partial charge in [0.25, 0.3) is 0 Å². The van der Waals surface area contributed by atoms with E-state index in [9.17, 15) is 9.59 Å². The minimum absolute atomic E-state index is 0.0182. The van der Waals surface area contributed by atoms with Crippen molar-refractivity contribution in [1.29, 1.82) is 0 Å². The summed E-state index contributed by atoms with van der Waals surface area (Å²) in [7, 11) is 0. The molecule has 1 fully saturated rings. The smallest absolute Gasteiger partial charge is 0.316 e. The van der Waals surface area contributed by atoms with Crippen LogP contribution in [0.5, 0.6) is 0 Å². The molecule has 2 rings (SSSR count). The molecule has 102 valence electrons. The van der Waals surface area contributed by atoms with Crippen LogP contribution in [0.25, 0.3) is 0 Å². The molecule has 0 spiro atoms. The van der Waals surface area contributed by atoms with Gasteiger partial charge in [-0.2, -0.15) is 0 Å². The summed E-state index contributed by atoms with van der Waals surface area (Å²) in [5.41, 5.74) is 6.31. The van der Waals surface area contributed by atoms with Gasteiger partial charge in [0.05, 0.1) is 6.04 Å². The maximum atomic E-state index is 12.0. The van der Waals surface area contributed by atoms with Crippen molar-refractivity contribution < 1.29 is 9.59 Å². The summed E-state index contributed by atoms with van der Waals surface area (Å²) in [5, 5.41) is 8.50. The van der Waals surface area contributed by atoms with Crippen LogP contribution in [0.4, 0.5) is 16.2 Å². The summed E-state index contributed by atoms with van der Waals surface area (Å²) >= 11 is 0. The van der Waals surface area contributed by atoms with Crippen LogP contribution in [0.15, 0.2) is 24.3 Å². The molecule has 1 unspecified atom stereocenters. The first-order valence-corrected chi connectivity index (χ1v) is 6.36. The molecule has 1 aliphatic rings. The number of benzene rings is 1.